The zero-order valence-corrected chi connectivity index (χ0v) is 14.2. The first-order valence-corrected chi connectivity index (χ1v) is 8.15. The van der Waals surface area contributed by atoms with Gasteiger partial charge in [-0.2, -0.15) is 0 Å². The second-order valence-electron chi connectivity index (χ2n) is 6.30. The molecular weight excluding hydrogens is 278 g/mol. The van der Waals surface area contributed by atoms with Crippen molar-refractivity contribution >= 4 is 0 Å². The maximum absolute atomic E-state index is 6.14. The summed E-state index contributed by atoms with van der Waals surface area (Å²) in [5.74, 6) is 3.80. The number of hydrogen-bond acceptors (Lipinski definition) is 4. The van der Waals surface area contributed by atoms with Crippen LogP contribution in [0.3, 0.4) is 0 Å². The van der Waals surface area contributed by atoms with Gasteiger partial charge in [-0.3, -0.25) is 0 Å². The fourth-order valence-electron chi connectivity index (χ4n) is 3.84. The predicted octanol–water partition coefficient (Wildman–Crippen LogP) is 3.58. The number of rotatable bonds is 6. The van der Waals surface area contributed by atoms with Crippen molar-refractivity contribution in [2.45, 2.75) is 38.5 Å². The molecule has 1 aliphatic rings. The van der Waals surface area contributed by atoms with Crippen molar-refractivity contribution in [2.24, 2.45) is 17.6 Å². The fourth-order valence-corrected chi connectivity index (χ4v) is 3.84. The molecule has 3 atom stereocenters. The van der Waals surface area contributed by atoms with Crippen LogP contribution in [0.15, 0.2) is 12.1 Å². The lowest BCUT2D eigenvalue weighted by molar-refractivity contribution is 0.243. The lowest BCUT2D eigenvalue weighted by Crippen LogP contribution is -2.26. The molecule has 4 nitrogen and oxygen atoms in total. The van der Waals surface area contributed by atoms with Gasteiger partial charge in [-0.15, -0.1) is 0 Å². The molecule has 124 valence electrons. The summed E-state index contributed by atoms with van der Waals surface area (Å²) in [7, 11) is 4.96. The van der Waals surface area contributed by atoms with Gasteiger partial charge in [0.15, 0.2) is 11.5 Å². The van der Waals surface area contributed by atoms with Crippen LogP contribution in [0.2, 0.25) is 0 Å². The third-order valence-electron chi connectivity index (χ3n) is 4.93. The summed E-state index contributed by atoms with van der Waals surface area (Å²) in [4.78, 5) is 0. The molecule has 22 heavy (non-hydrogen) atoms. The van der Waals surface area contributed by atoms with Crippen LogP contribution in [0.25, 0.3) is 0 Å². The highest BCUT2D eigenvalue weighted by molar-refractivity contribution is 5.57. The second kappa shape index (κ2) is 7.73. The van der Waals surface area contributed by atoms with Crippen LogP contribution in [0, 0.1) is 11.8 Å². The molecule has 0 aliphatic heterocycles. The minimum Gasteiger partial charge on any atom is -0.493 e. The third-order valence-corrected chi connectivity index (χ3v) is 4.93. The number of benzene rings is 1. The lowest BCUT2D eigenvalue weighted by Gasteiger charge is -2.34. The van der Waals surface area contributed by atoms with Gasteiger partial charge in [0.05, 0.1) is 21.3 Å². The maximum atomic E-state index is 6.14. The summed E-state index contributed by atoms with van der Waals surface area (Å²) < 4.78 is 16.5. The largest absolute Gasteiger partial charge is 0.493 e. The molecule has 0 radical (unpaired) electrons. The van der Waals surface area contributed by atoms with Crippen LogP contribution >= 0.6 is 0 Å². The van der Waals surface area contributed by atoms with Crippen LogP contribution < -0.4 is 19.9 Å². The van der Waals surface area contributed by atoms with Crippen LogP contribution in [0.1, 0.15) is 44.1 Å². The van der Waals surface area contributed by atoms with Gasteiger partial charge < -0.3 is 19.9 Å². The topological polar surface area (TPSA) is 53.7 Å². The third kappa shape index (κ3) is 3.32. The average molecular weight is 307 g/mol. The first-order chi connectivity index (χ1) is 10.7. The van der Waals surface area contributed by atoms with E-state index in [0.717, 1.165) is 17.2 Å². The van der Waals surface area contributed by atoms with Crippen molar-refractivity contribution in [3.63, 3.8) is 0 Å². The van der Waals surface area contributed by atoms with Gasteiger partial charge in [-0.05, 0) is 37.3 Å². The zero-order valence-electron chi connectivity index (χ0n) is 14.2. The number of hydrogen-bond donors (Lipinski definition) is 1. The van der Waals surface area contributed by atoms with Crippen LogP contribution in [-0.4, -0.2) is 27.9 Å². The molecule has 3 unspecified atom stereocenters. The molecule has 0 aromatic heterocycles. The maximum Gasteiger partial charge on any atom is 0.203 e. The molecule has 1 saturated carbocycles. The monoisotopic (exact) mass is 307 g/mol. The van der Waals surface area contributed by atoms with Crippen molar-refractivity contribution in [3.8, 4) is 17.2 Å². The summed E-state index contributed by atoms with van der Waals surface area (Å²) in [6.45, 7) is 2.97. The molecule has 0 heterocycles. The second-order valence-corrected chi connectivity index (χ2v) is 6.30. The van der Waals surface area contributed by atoms with Gasteiger partial charge >= 0.3 is 0 Å². The Balaban J connectivity index is 2.39. The number of methoxy groups -OCH3 is 3. The Morgan fingerprint density at radius 1 is 1.09 bits per heavy atom. The Hall–Kier alpha value is -1.42. The van der Waals surface area contributed by atoms with Crippen LogP contribution in [0.4, 0.5) is 0 Å². The summed E-state index contributed by atoms with van der Waals surface area (Å²) in [5.41, 5.74) is 7.28. The summed E-state index contributed by atoms with van der Waals surface area (Å²) in [5, 5.41) is 0. The van der Waals surface area contributed by atoms with Crippen molar-refractivity contribution in [1.29, 1.82) is 0 Å². The zero-order chi connectivity index (χ0) is 16.1. The molecule has 4 heteroatoms. The summed E-state index contributed by atoms with van der Waals surface area (Å²) >= 11 is 0. The smallest absolute Gasteiger partial charge is 0.203 e. The Bertz CT molecular complexity index is 489. The molecule has 0 amide bonds. The Morgan fingerprint density at radius 3 is 2.36 bits per heavy atom. The molecule has 1 aliphatic carbocycles. The Morgan fingerprint density at radius 2 is 1.82 bits per heavy atom. The first kappa shape index (κ1) is 16.9. The van der Waals surface area contributed by atoms with Crippen LogP contribution in [0.5, 0.6) is 17.2 Å². The van der Waals surface area contributed by atoms with Gasteiger partial charge in [-0.1, -0.05) is 25.8 Å². The Kier molecular flexibility index (Phi) is 5.95. The van der Waals surface area contributed by atoms with E-state index in [1.165, 1.54) is 25.7 Å². The number of nitrogens with two attached hydrogens (primary N) is 1. The standard InChI is InChI=1S/C18H29NO3/c1-12-6-5-7-13(10-12)15(11-19)14-8-9-16(20-2)18(22-4)17(14)21-3/h8-9,12-13,15H,5-7,10-11,19H2,1-4H3. The van der Waals surface area contributed by atoms with E-state index in [4.69, 9.17) is 19.9 Å². The Labute approximate surface area is 133 Å². The highest BCUT2D eigenvalue weighted by Gasteiger charge is 2.30. The van der Waals surface area contributed by atoms with Crippen molar-refractivity contribution < 1.29 is 14.2 Å². The summed E-state index contributed by atoms with van der Waals surface area (Å²) in [6, 6.07) is 4.03. The average Bonchev–Trinajstić information content (AvgIpc) is 2.54. The molecule has 2 N–H and O–H groups in total. The minimum atomic E-state index is 0.303. The van der Waals surface area contributed by atoms with Gasteiger partial charge in [0.1, 0.15) is 0 Å². The van der Waals surface area contributed by atoms with Crippen molar-refractivity contribution in [3.05, 3.63) is 17.7 Å². The number of ether oxygens (including phenoxy) is 3. The molecule has 2 rings (SSSR count). The molecule has 0 bridgehead atoms. The SMILES string of the molecule is COc1ccc(C(CN)C2CCCC(C)C2)c(OC)c1OC. The van der Waals surface area contributed by atoms with E-state index in [0.29, 0.717) is 29.9 Å². The van der Waals surface area contributed by atoms with E-state index in [1.807, 2.05) is 6.07 Å². The van der Waals surface area contributed by atoms with Gasteiger partial charge in [0, 0.05) is 11.5 Å². The van der Waals surface area contributed by atoms with E-state index in [1.54, 1.807) is 21.3 Å². The predicted molar refractivity (Wildman–Crippen MR) is 89.0 cm³/mol. The summed E-state index contributed by atoms with van der Waals surface area (Å²) in [6.07, 6.45) is 5.10. The highest BCUT2D eigenvalue weighted by atomic mass is 16.5. The van der Waals surface area contributed by atoms with E-state index in [-0.39, 0.29) is 0 Å². The van der Waals surface area contributed by atoms with E-state index in [2.05, 4.69) is 13.0 Å². The van der Waals surface area contributed by atoms with E-state index < -0.39 is 0 Å². The van der Waals surface area contributed by atoms with Gasteiger partial charge in [0.25, 0.3) is 0 Å². The van der Waals surface area contributed by atoms with E-state index >= 15 is 0 Å². The first-order valence-electron chi connectivity index (χ1n) is 8.15. The lowest BCUT2D eigenvalue weighted by atomic mass is 9.73. The van der Waals surface area contributed by atoms with Crippen molar-refractivity contribution in [2.75, 3.05) is 27.9 Å². The highest BCUT2D eigenvalue weighted by Crippen LogP contribution is 2.46. The molecule has 1 aromatic rings. The molecule has 1 fully saturated rings. The minimum absolute atomic E-state index is 0.303. The van der Waals surface area contributed by atoms with E-state index in [9.17, 15) is 0 Å². The fraction of sp³-hybridized carbons (Fsp3) is 0.667. The van der Waals surface area contributed by atoms with Gasteiger partial charge in [0.2, 0.25) is 5.75 Å². The van der Waals surface area contributed by atoms with Gasteiger partial charge in [-0.25, -0.2) is 0 Å². The molecule has 0 saturated heterocycles. The van der Waals surface area contributed by atoms with Crippen molar-refractivity contribution in [1.82, 2.24) is 0 Å². The molecule has 0 spiro atoms. The van der Waals surface area contributed by atoms with Crippen LogP contribution in [-0.2, 0) is 0 Å². The molecule has 1 aromatic carbocycles. The normalized spacial score (nSPS) is 23.0. The molecular formula is C18H29NO3. The quantitative estimate of drug-likeness (QED) is 0.872.